The average Bonchev–Trinajstić information content (AvgIpc) is 2.81. The Morgan fingerprint density at radius 1 is 1.06 bits per heavy atom. The quantitative estimate of drug-likeness (QED) is 0.279. The van der Waals surface area contributed by atoms with Gasteiger partial charge in [0.1, 0.15) is 0 Å². The number of halogens is 3. The van der Waals surface area contributed by atoms with Crippen LogP contribution < -0.4 is 16.2 Å². The summed E-state index contributed by atoms with van der Waals surface area (Å²) < 4.78 is 41.4. The van der Waals surface area contributed by atoms with Gasteiger partial charge in [-0.1, -0.05) is 37.2 Å². The van der Waals surface area contributed by atoms with E-state index < -0.39 is 41.5 Å². The number of nitrogens with zero attached hydrogens (tertiary/aromatic N) is 2. The number of amides is 2. The number of carbonyl (C=O) groups excluding carboxylic acids is 2. The molecule has 0 bridgehead atoms. The Morgan fingerprint density at radius 2 is 1.82 bits per heavy atom. The molecule has 174 valence electrons. The van der Waals surface area contributed by atoms with E-state index in [1.807, 2.05) is 6.92 Å². The maximum Gasteiger partial charge on any atom is 0.262 e. The number of para-hydroxylation sites is 1. The third-order valence-corrected chi connectivity index (χ3v) is 5.63. The number of rotatable bonds is 9. The van der Waals surface area contributed by atoms with Crippen molar-refractivity contribution < 1.29 is 22.8 Å². The highest BCUT2D eigenvalue weighted by molar-refractivity contribution is 7.99. The van der Waals surface area contributed by atoms with Crippen LogP contribution in [0.1, 0.15) is 19.8 Å². The fraction of sp³-hybridized carbons (Fsp3) is 0.273. The number of anilines is 1. The summed E-state index contributed by atoms with van der Waals surface area (Å²) in [7, 11) is 0. The summed E-state index contributed by atoms with van der Waals surface area (Å²) in [5.74, 6) is -6.07. The van der Waals surface area contributed by atoms with E-state index in [4.69, 9.17) is 0 Å². The number of hydrogen-bond acceptors (Lipinski definition) is 5. The van der Waals surface area contributed by atoms with Gasteiger partial charge in [0.05, 0.1) is 28.9 Å². The van der Waals surface area contributed by atoms with Crippen molar-refractivity contribution in [1.29, 1.82) is 0 Å². The van der Waals surface area contributed by atoms with Gasteiger partial charge in [-0.2, -0.15) is 0 Å². The van der Waals surface area contributed by atoms with E-state index in [1.165, 1.54) is 4.57 Å². The molecule has 2 aromatic carbocycles. The SMILES string of the molecule is CCCCn1c(SCC(=O)NCC(=O)Nc2ccc(F)c(F)c2F)nc2ccccc2c1=O. The van der Waals surface area contributed by atoms with Crippen LogP contribution in [0.4, 0.5) is 18.9 Å². The summed E-state index contributed by atoms with van der Waals surface area (Å²) >= 11 is 1.05. The first-order chi connectivity index (χ1) is 15.8. The maximum absolute atomic E-state index is 13.6. The second kappa shape index (κ2) is 11.0. The third-order valence-electron chi connectivity index (χ3n) is 4.65. The zero-order valence-electron chi connectivity index (χ0n) is 17.7. The second-order valence-electron chi connectivity index (χ2n) is 7.06. The van der Waals surface area contributed by atoms with Crippen LogP contribution in [0.3, 0.4) is 0 Å². The van der Waals surface area contributed by atoms with Gasteiger partial charge in [0.2, 0.25) is 11.8 Å². The minimum Gasteiger partial charge on any atom is -0.346 e. The lowest BCUT2D eigenvalue weighted by atomic mass is 10.2. The monoisotopic (exact) mass is 478 g/mol. The predicted octanol–water partition coefficient (Wildman–Crippen LogP) is 3.46. The molecule has 33 heavy (non-hydrogen) atoms. The van der Waals surface area contributed by atoms with Gasteiger partial charge in [0.25, 0.3) is 5.56 Å². The Kier molecular flexibility index (Phi) is 8.10. The molecule has 0 fully saturated rings. The fourth-order valence-electron chi connectivity index (χ4n) is 2.95. The number of aromatic nitrogens is 2. The molecule has 1 heterocycles. The van der Waals surface area contributed by atoms with E-state index in [2.05, 4.69) is 15.6 Å². The highest BCUT2D eigenvalue weighted by Gasteiger charge is 2.16. The molecule has 0 aliphatic carbocycles. The lowest BCUT2D eigenvalue weighted by Gasteiger charge is -2.13. The summed E-state index contributed by atoms with van der Waals surface area (Å²) in [5, 5.41) is 5.30. The fourth-order valence-corrected chi connectivity index (χ4v) is 3.80. The Bertz CT molecular complexity index is 1250. The first-order valence-electron chi connectivity index (χ1n) is 10.1. The van der Waals surface area contributed by atoms with Gasteiger partial charge in [0.15, 0.2) is 22.6 Å². The van der Waals surface area contributed by atoms with Gasteiger partial charge in [-0.15, -0.1) is 0 Å². The molecule has 0 saturated carbocycles. The van der Waals surface area contributed by atoms with E-state index in [0.717, 1.165) is 30.7 Å². The molecular weight excluding hydrogens is 457 g/mol. The van der Waals surface area contributed by atoms with Crippen molar-refractivity contribution in [3.8, 4) is 0 Å². The van der Waals surface area contributed by atoms with Crippen LogP contribution in [0.5, 0.6) is 0 Å². The highest BCUT2D eigenvalue weighted by Crippen LogP contribution is 2.20. The summed E-state index contributed by atoms with van der Waals surface area (Å²) in [6.07, 6.45) is 1.64. The number of nitrogens with one attached hydrogen (secondary N) is 2. The second-order valence-corrected chi connectivity index (χ2v) is 8.00. The molecule has 0 aliphatic heterocycles. The lowest BCUT2D eigenvalue weighted by Crippen LogP contribution is -2.34. The minimum absolute atomic E-state index is 0.121. The van der Waals surface area contributed by atoms with Crippen molar-refractivity contribution in [3.05, 3.63) is 64.2 Å². The van der Waals surface area contributed by atoms with Gasteiger partial charge < -0.3 is 10.6 Å². The van der Waals surface area contributed by atoms with Crippen LogP contribution in [-0.4, -0.2) is 33.7 Å². The first-order valence-corrected chi connectivity index (χ1v) is 11.1. The molecule has 1 aromatic heterocycles. The summed E-state index contributed by atoms with van der Waals surface area (Å²) in [6, 6.07) is 8.49. The molecule has 0 unspecified atom stereocenters. The molecule has 0 saturated heterocycles. The lowest BCUT2D eigenvalue weighted by molar-refractivity contribution is -0.122. The number of hydrogen-bond donors (Lipinski definition) is 2. The Balaban J connectivity index is 1.62. The molecule has 0 atom stereocenters. The van der Waals surface area contributed by atoms with Crippen LogP contribution in [0.2, 0.25) is 0 Å². The molecule has 3 rings (SSSR count). The van der Waals surface area contributed by atoms with Crippen LogP contribution in [0, 0.1) is 17.5 Å². The van der Waals surface area contributed by atoms with E-state index in [1.54, 1.807) is 24.3 Å². The number of fused-ring (bicyclic) bond motifs is 1. The maximum atomic E-state index is 13.6. The largest absolute Gasteiger partial charge is 0.346 e. The molecule has 2 N–H and O–H groups in total. The predicted molar refractivity (Wildman–Crippen MR) is 120 cm³/mol. The minimum atomic E-state index is -1.70. The molecule has 7 nitrogen and oxygen atoms in total. The molecular formula is C22H21F3N4O3S. The van der Waals surface area contributed by atoms with E-state index in [9.17, 15) is 27.6 Å². The topological polar surface area (TPSA) is 93.1 Å². The van der Waals surface area contributed by atoms with Crippen LogP contribution in [0.15, 0.2) is 46.3 Å². The van der Waals surface area contributed by atoms with E-state index >= 15 is 0 Å². The van der Waals surface area contributed by atoms with Crippen molar-refractivity contribution in [3.63, 3.8) is 0 Å². The summed E-state index contributed by atoms with van der Waals surface area (Å²) in [5.41, 5.74) is -0.209. The molecule has 0 spiro atoms. The van der Waals surface area contributed by atoms with Crippen LogP contribution in [-0.2, 0) is 16.1 Å². The first kappa shape index (κ1) is 24.3. The van der Waals surface area contributed by atoms with Crippen molar-refractivity contribution >= 4 is 40.2 Å². The van der Waals surface area contributed by atoms with Gasteiger partial charge in [-0.3, -0.25) is 19.0 Å². The Labute approximate surface area is 191 Å². The van der Waals surface area contributed by atoms with Crippen molar-refractivity contribution in [1.82, 2.24) is 14.9 Å². The van der Waals surface area contributed by atoms with Gasteiger partial charge in [-0.25, -0.2) is 18.2 Å². The zero-order valence-corrected chi connectivity index (χ0v) is 18.5. The Morgan fingerprint density at radius 3 is 2.58 bits per heavy atom. The van der Waals surface area contributed by atoms with Crippen molar-refractivity contribution in [2.45, 2.75) is 31.5 Å². The number of unbranched alkanes of at least 4 members (excludes halogenated alkanes) is 1. The molecule has 11 heteroatoms. The standard InChI is InChI=1S/C22H21F3N4O3S/c1-2-3-10-29-21(32)13-6-4-5-7-15(13)28-22(29)33-12-18(31)26-11-17(30)27-16-9-8-14(23)19(24)20(16)25/h4-9H,2-3,10-12H2,1H3,(H,26,31)(H,27,30). The molecule has 0 radical (unpaired) electrons. The average molecular weight is 478 g/mol. The van der Waals surface area contributed by atoms with Gasteiger partial charge >= 0.3 is 0 Å². The van der Waals surface area contributed by atoms with Crippen molar-refractivity contribution in [2.24, 2.45) is 0 Å². The molecule has 2 amide bonds. The van der Waals surface area contributed by atoms with Crippen LogP contribution in [0.25, 0.3) is 10.9 Å². The van der Waals surface area contributed by atoms with Gasteiger partial charge in [0, 0.05) is 6.54 Å². The van der Waals surface area contributed by atoms with Crippen molar-refractivity contribution in [2.75, 3.05) is 17.6 Å². The Hall–Kier alpha value is -3.34. The van der Waals surface area contributed by atoms with E-state index in [-0.39, 0.29) is 11.3 Å². The molecule has 3 aromatic rings. The number of carbonyl (C=O) groups is 2. The highest BCUT2D eigenvalue weighted by atomic mass is 32.2. The van der Waals surface area contributed by atoms with Gasteiger partial charge in [-0.05, 0) is 30.7 Å². The smallest absolute Gasteiger partial charge is 0.262 e. The molecule has 0 aliphatic rings. The zero-order chi connectivity index (χ0) is 24.0. The van der Waals surface area contributed by atoms with Crippen LogP contribution >= 0.6 is 11.8 Å². The summed E-state index contributed by atoms with van der Waals surface area (Å²) in [4.78, 5) is 41.5. The number of benzene rings is 2. The summed E-state index contributed by atoms with van der Waals surface area (Å²) in [6.45, 7) is 1.95. The normalized spacial score (nSPS) is 10.9. The van der Waals surface area contributed by atoms with E-state index in [0.29, 0.717) is 28.7 Å². The third kappa shape index (κ3) is 5.92. The number of thioether (sulfide) groups is 1.